The first-order valence-corrected chi connectivity index (χ1v) is 5.01. The highest BCUT2D eigenvalue weighted by atomic mass is 35.5. The molecule has 0 aliphatic heterocycles. The van der Waals surface area contributed by atoms with Crippen LogP contribution in [0.3, 0.4) is 0 Å². The molecule has 84 valence electrons. The third kappa shape index (κ3) is 3.25. The van der Waals surface area contributed by atoms with Crippen molar-refractivity contribution in [2.75, 3.05) is 24.2 Å². The fourth-order valence-electron chi connectivity index (χ4n) is 1.06. The second-order valence-electron chi connectivity index (χ2n) is 3.52. The number of hydrogen-bond donors (Lipinski definition) is 3. The molecule has 0 radical (unpaired) electrons. The molecule has 15 heavy (non-hydrogen) atoms. The first kappa shape index (κ1) is 12.1. The molecule has 0 spiro atoms. The van der Waals surface area contributed by atoms with Gasteiger partial charge in [-0.3, -0.25) is 0 Å². The Bertz CT molecular complexity index is 346. The second kappa shape index (κ2) is 5.19. The van der Waals surface area contributed by atoms with Crippen molar-refractivity contribution >= 4 is 23.0 Å². The fraction of sp³-hybridized carbons (Fsp3) is 0.400. The topological polar surface area (TPSA) is 58.3 Å². The minimum absolute atomic E-state index is 0.0309. The lowest BCUT2D eigenvalue weighted by atomic mass is 10.2. The van der Waals surface area contributed by atoms with Crippen molar-refractivity contribution in [2.45, 2.75) is 6.92 Å². The average molecular weight is 233 g/mol. The predicted octanol–water partition coefficient (Wildman–Crippen LogP) is 2.10. The summed E-state index contributed by atoms with van der Waals surface area (Å²) in [5, 5.41) is 11.8. The average Bonchev–Trinajstić information content (AvgIpc) is 2.21. The van der Waals surface area contributed by atoms with Crippen LogP contribution in [0.4, 0.5) is 15.8 Å². The van der Waals surface area contributed by atoms with Gasteiger partial charge in [0.05, 0.1) is 16.4 Å². The number of nitrogen functional groups attached to an aromatic ring is 1. The van der Waals surface area contributed by atoms with Gasteiger partial charge < -0.3 is 16.2 Å². The molecule has 1 aromatic rings. The number of aliphatic hydroxyl groups is 1. The number of benzene rings is 1. The van der Waals surface area contributed by atoms with E-state index in [1.165, 1.54) is 12.1 Å². The van der Waals surface area contributed by atoms with E-state index in [0.29, 0.717) is 17.9 Å². The number of nitrogens with two attached hydrogens (primary N) is 1. The Hall–Kier alpha value is -1.00. The lowest BCUT2D eigenvalue weighted by Crippen LogP contribution is -2.15. The van der Waals surface area contributed by atoms with Gasteiger partial charge in [-0.25, -0.2) is 4.39 Å². The summed E-state index contributed by atoms with van der Waals surface area (Å²) in [4.78, 5) is 0. The maximum Gasteiger partial charge on any atom is 0.143 e. The van der Waals surface area contributed by atoms with Crippen molar-refractivity contribution in [3.63, 3.8) is 0 Å². The van der Waals surface area contributed by atoms with Gasteiger partial charge in [0, 0.05) is 19.2 Å². The number of aliphatic hydroxyl groups excluding tert-OH is 1. The maximum absolute atomic E-state index is 12.9. The summed E-state index contributed by atoms with van der Waals surface area (Å²) in [7, 11) is 0. The van der Waals surface area contributed by atoms with Gasteiger partial charge in [0.25, 0.3) is 0 Å². The van der Waals surface area contributed by atoms with Crippen LogP contribution < -0.4 is 11.1 Å². The van der Waals surface area contributed by atoms with Gasteiger partial charge in [-0.15, -0.1) is 0 Å². The van der Waals surface area contributed by atoms with E-state index < -0.39 is 5.82 Å². The van der Waals surface area contributed by atoms with Crippen LogP contribution in [0, 0.1) is 11.7 Å². The van der Waals surface area contributed by atoms with Crippen molar-refractivity contribution < 1.29 is 9.50 Å². The number of hydrogen-bond acceptors (Lipinski definition) is 3. The van der Waals surface area contributed by atoms with Gasteiger partial charge in [0.2, 0.25) is 0 Å². The summed E-state index contributed by atoms with van der Waals surface area (Å²) in [5.41, 5.74) is 6.49. The van der Waals surface area contributed by atoms with E-state index in [9.17, 15) is 4.39 Å². The molecule has 0 aromatic heterocycles. The highest BCUT2D eigenvalue weighted by molar-refractivity contribution is 6.31. The van der Waals surface area contributed by atoms with E-state index in [4.69, 9.17) is 22.4 Å². The molecule has 0 aliphatic rings. The smallest absolute Gasteiger partial charge is 0.143 e. The zero-order valence-electron chi connectivity index (χ0n) is 8.43. The molecule has 0 amide bonds. The van der Waals surface area contributed by atoms with Crippen LogP contribution in [0.2, 0.25) is 5.02 Å². The van der Waals surface area contributed by atoms with Crippen molar-refractivity contribution in [2.24, 2.45) is 5.92 Å². The van der Waals surface area contributed by atoms with Crippen molar-refractivity contribution in [3.05, 3.63) is 23.0 Å². The van der Waals surface area contributed by atoms with Gasteiger partial charge in [-0.1, -0.05) is 18.5 Å². The Morgan fingerprint density at radius 3 is 2.87 bits per heavy atom. The Morgan fingerprint density at radius 1 is 1.60 bits per heavy atom. The molecule has 5 heteroatoms. The van der Waals surface area contributed by atoms with Crippen LogP contribution in [-0.2, 0) is 0 Å². The van der Waals surface area contributed by atoms with Crippen LogP contribution >= 0.6 is 11.6 Å². The van der Waals surface area contributed by atoms with Crippen molar-refractivity contribution in [3.8, 4) is 0 Å². The molecule has 1 unspecified atom stereocenters. The number of rotatable bonds is 4. The molecule has 0 saturated carbocycles. The van der Waals surface area contributed by atoms with E-state index in [0.717, 1.165) is 0 Å². The molecular formula is C10H14ClFN2O. The zero-order chi connectivity index (χ0) is 11.4. The Labute approximate surface area is 93.0 Å². The molecule has 1 atom stereocenters. The van der Waals surface area contributed by atoms with E-state index in [1.54, 1.807) is 0 Å². The van der Waals surface area contributed by atoms with Gasteiger partial charge >= 0.3 is 0 Å². The van der Waals surface area contributed by atoms with Crippen LogP contribution in [0.15, 0.2) is 12.1 Å². The molecule has 0 bridgehead atoms. The number of halogens is 2. The minimum atomic E-state index is -0.532. The normalized spacial score (nSPS) is 12.5. The lowest BCUT2D eigenvalue weighted by Gasteiger charge is -2.13. The van der Waals surface area contributed by atoms with Crippen LogP contribution in [-0.4, -0.2) is 18.3 Å². The fourth-order valence-corrected chi connectivity index (χ4v) is 1.23. The standard InChI is InChI=1S/C10H14ClFN2O/c1-6(5-15)4-14-10-2-7(11)8(12)3-9(10)13/h2-3,6,14-15H,4-5,13H2,1H3. The van der Waals surface area contributed by atoms with E-state index in [1.807, 2.05) is 6.92 Å². The summed E-state index contributed by atoms with van der Waals surface area (Å²) in [6.45, 7) is 2.53. The molecular weight excluding hydrogens is 219 g/mol. The van der Waals surface area contributed by atoms with Gasteiger partial charge in [-0.2, -0.15) is 0 Å². The van der Waals surface area contributed by atoms with Crippen LogP contribution in [0.5, 0.6) is 0 Å². The van der Waals surface area contributed by atoms with Crippen LogP contribution in [0.1, 0.15) is 6.92 Å². The monoisotopic (exact) mass is 232 g/mol. The predicted molar refractivity (Wildman–Crippen MR) is 60.6 cm³/mol. The molecule has 0 fully saturated rings. The summed E-state index contributed by atoms with van der Waals surface area (Å²) < 4.78 is 12.9. The largest absolute Gasteiger partial charge is 0.397 e. The number of anilines is 2. The lowest BCUT2D eigenvalue weighted by molar-refractivity contribution is 0.244. The highest BCUT2D eigenvalue weighted by Gasteiger charge is 2.07. The third-order valence-electron chi connectivity index (χ3n) is 2.05. The van der Waals surface area contributed by atoms with Crippen molar-refractivity contribution in [1.29, 1.82) is 0 Å². The van der Waals surface area contributed by atoms with E-state index in [2.05, 4.69) is 5.32 Å². The first-order chi connectivity index (χ1) is 7.04. The molecule has 1 rings (SSSR count). The van der Waals surface area contributed by atoms with Gasteiger partial charge in [0.15, 0.2) is 0 Å². The maximum atomic E-state index is 12.9. The van der Waals surface area contributed by atoms with Gasteiger partial charge in [0.1, 0.15) is 5.82 Å². The molecule has 1 aromatic carbocycles. The van der Waals surface area contributed by atoms with E-state index in [-0.39, 0.29) is 17.5 Å². The quantitative estimate of drug-likeness (QED) is 0.697. The molecule has 0 aliphatic carbocycles. The SMILES string of the molecule is CC(CO)CNc1cc(Cl)c(F)cc1N. The summed E-state index contributed by atoms with van der Waals surface area (Å²) in [6.07, 6.45) is 0. The molecule has 0 saturated heterocycles. The van der Waals surface area contributed by atoms with Crippen LogP contribution in [0.25, 0.3) is 0 Å². The van der Waals surface area contributed by atoms with E-state index >= 15 is 0 Å². The Balaban J connectivity index is 2.73. The molecule has 3 nitrogen and oxygen atoms in total. The molecule has 4 N–H and O–H groups in total. The zero-order valence-corrected chi connectivity index (χ0v) is 9.18. The van der Waals surface area contributed by atoms with Crippen molar-refractivity contribution in [1.82, 2.24) is 0 Å². The number of nitrogens with one attached hydrogen (secondary N) is 1. The summed E-state index contributed by atoms with van der Waals surface area (Å²) in [6, 6.07) is 2.62. The Morgan fingerprint density at radius 2 is 2.27 bits per heavy atom. The Kier molecular flexibility index (Phi) is 4.17. The summed E-state index contributed by atoms with van der Waals surface area (Å²) in [5.74, 6) is -0.428. The first-order valence-electron chi connectivity index (χ1n) is 4.63. The summed E-state index contributed by atoms with van der Waals surface area (Å²) >= 11 is 5.62. The third-order valence-corrected chi connectivity index (χ3v) is 2.33. The highest BCUT2D eigenvalue weighted by Crippen LogP contribution is 2.26. The van der Waals surface area contributed by atoms with Gasteiger partial charge in [-0.05, 0) is 12.0 Å². The second-order valence-corrected chi connectivity index (χ2v) is 3.93. The minimum Gasteiger partial charge on any atom is -0.397 e. The molecule has 0 heterocycles.